The van der Waals surface area contributed by atoms with E-state index in [-0.39, 0.29) is 18.2 Å². The number of carbonyl (C=O) groups excluding carboxylic acids is 1. The molecular weight excluding hydrogens is 373 g/mol. The SMILES string of the molecule is COc1cc(F)ccc1O[C@@H]1CCN(C(=O)c2cccc3ccccc23)C[C@H]1O. The third-order valence-electron chi connectivity index (χ3n) is 5.23. The highest BCUT2D eigenvalue weighted by Crippen LogP contribution is 2.31. The quantitative estimate of drug-likeness (QED) is 0.733. The number of piperidine rings is 1. The van der Waals surface area contributed by atoms with Crippen LogP contribution >= 0.6 is 0 Å². The van der Waals surface area contributed by atoms with Gasteiger partial charge >= 0.3 is 0 Å². The molecule has 1 fully saturated rings. The number of hydrogen-bond donors (Lipinski definition) is 1. The van der Waals surface area contributed by atoms with Crippen LogP contribution in [0, 0.1) is 5.82 Å². The van der Waals surface area contributed by atoms with Gasteiger partial charge in [-0.15, -0.1) is 0 Å². The summed E-state index contributed by atoms with van der Waals surface area (Å²) in [6.45, 7) is 0.615. The summed E-state index contributed by atoms with van der Waals surface area (Å²) in [5.74, 6) is 0.0992. The van der Waals surface area contributed by atoms with Gasteiger partial charge in [-0.25, -0.2) is 4.39 Å². The zero-order valence-electron chi connectivity index (χ0n) is 16.0. The number of hydrogen-bond acceptors (Lipinski definition) is 4. The van der Waals surface area contributed by atoms with E-state index in [1.54, 1.807) is 4.90 Å². The van der Waals surface area contributed by atoms with Gasteiger partial charge in [0.1, 0.15) is 18.0 Å². The number of nitrogens with zero attached hydrogens (tertiary/aromatic N) is 1. The molecule has 3 aromatic rings. The molecule has 1 saturated heterocycles. The number of rotatable bonds is 4. The second-order valence-electron chi connectivity index (χ2n) is 7.09. The number of ether oxygens (including phenoxy) is 2. The van der Waals surface area contributed by atoms with Crippen molar-refractivity contribution >= 4 is 16.7 Å². The molecule has 0 saturated carbocycles. The molecule has 0 aromatic heterocycles. The monoisotopic (exact) mass is 395 g/mol. The van der Waals surface area contributed by atoms with E-state index in [2.05, 4.69) is 0 Å². The third kappa shape index (κ3) is 3.89. The van der Waals surface area contributed by atoms with Crippen LogP contribution < -0.4 is 9.47 Å². The first-order valence-corrected chi connectivity index (χ1v) is 9.52. The summed E-state index contributed by atoms with van der Waals surface area (Å²) < 4.78 is 24.4. The van der Waals surface area contributed by atoms with E-state index in [4.69, 9.17) is 9.47 Å². The van der Waals surface area contributed by atoms with Crippen LogP contribution in [-0.4, -0.2) is 48.3 Å². The lowest BCUT2D eigenvalue weighted by atomic mass is 10.0. The first kappa shape index (κ1) is 19.2. The van der Waals surface area contributed by atoms with Crippen LogP contribution in [0.2, 0.25) is 0 Å². The average molecular weight is 395 g/mol. The number of benzene rings is 3. The summed E-state index contributed by atoms with van der Waals surface area (Å²) in [5.41, 5.74) is 0.620. The molecule has 4 rings (SSSR count). The largest absolute Gasteiger partial charge is 0.493 e. The molecule has 0 bridgehead atoms. The lowest BCUT2D eigenvalue weighted by Gasteiger charge is -2.36. The van der Waals surface area contributed by atoms with Crippen LogP contribution in [0.15, 0.2) is 60.7 Å². The fourth-order valence-corrected chi connectivity index (χ4v) is 3.72. The standard InChI is InChI=1S/C23H22FNO4/c1-28-22-13-16(24)9-10-21(22)29-20-11-12-25(14-19(20)26)23(27)18-8-4-6-15-5-2-3-7-17(15)18/h2-10,13,19-20,26H,11-12,14H2,1H3/t19-,20-/m1/s1. The maximum atomic E-state index is 13.4. The van der Waals surface area contributed by atoms with Crippen LogP contribution in [0.1, 0.15) is 16.8 Å². The maximum Gasteiger partial charge on any atom is 0.254 e. The van der Waals surface area contributed by atoms with Crippen LogP contribution in [0.4, 0.5) is 4.39 Å². The third-order valence-corrected chi connectivity index (χ3v) is 5.23. The Bertz CT molecular complexity index is 1030. The van der Waals surface area contributed by atoms with Gasteiger partial charge in [0.15, 0.2) is 11.5 Å². The van der Waals surface area contributed by atoms with E-state index in [9.17, 15) is 14.3 Å². The van der Waals surface area contributed by atoms with Gasteiger partial charge in [-0.3, -0.25) is 4.79 Å². The van der Waals surface area contributed by atoms with Crippen molar-refractivity contribution in [3.8, 4) is 11.5 Å². The van der Waals surface area contributed by atoms with E-state index >= 15 is 0 Å². The van der Waals surface area contributed by atoms with E-state index in [0.29, 0.717) is 24.3 Å². The molecule has 0 radical (unpaired) electrons. The molecule has 0 aliphatic carbocycles. The lowest BCUT2D eigenvalue weighted by Crippen LogP contribution is -2.51. The Morgan fingerprint density at radius 3 is 2.69 bits per heavy atom. The number of aliphatic hydroxyl groups is 1. The Kier molecular flexibility index (Phi) is 5.36. The molecule has 5 nitrogen and oxygen atoms in total. The zero-order chi connectivity index (χ0) is 20.4. The summed E-state index contributed by atoms with van der Waals surface area (Å²) in [7, 11) is 1.43. The number of aliphatic hydroxyl groups excluding tert-OH is 1. The van der Waals surface area contributed by atoms with Crippen LogP contribution in [0.25, 0.3) is 10.8 Å². The summed E-state index contributed by atoms with van der Waals surface area (Å²) in [5, 5.41) is 12.5. The van der Waals surface area contributed by atoms with Crippen LogP contribution in [0.5, 0.6) is 11.5 Å². The van der Waals surface area contributed by atoms with Crippen molar-refractivity contribution in [3.63, 3.8) is 0 Å². The van der Waals surface area contributed by atoms with Crippen molar-refractivity contribution < 1.29 is 23.8 Å². The van der Waals surface area contributed by atoms with E-state index in [1.807, 2.05) is 42.5 Å². The highest BCUT2D eigenvalue weighted by atomic mass is 19.1. The Morgan fingerprint density at radius 2 is 1.90 bits per heavy atom. The Labute approximate surface area is 168 Å². The minimum absolute atomic E-state index is 0.112. The topological polar surface area (TPSA) is 59.0 Å². The molecule has 1 amide bonds. The highest BCUT2D eigenvalue weighted by Gasteiger charge is 2.33. The van der Waals surface area contributed by atoms with Gasteiger partial charge in [-0.05, 0) is 29.0 Å². The van der Waals surface area contributed by atoms with Gasteiger partial charge in [0.05, 0.1) is 13.7 Å². The number of halogens is 1. The number of likely N-dealkylation sites (tertiary alicyclic amines) is 1. The number of β-amino-alcohol motifs (C(OH)–C–C–N with tert-alkyl or cyclic N) is 1. The smallest absolute Gasteiger partial charge is 0.254 e. The number of methoxy groups -OCH3 is 1. The summed E-state index contributed by atoms with van der Waals surface area (Å²) in [6, 6.07) is 17.4. The number of amides is 1. The molecule has 1 aliphatic rings. The van der Waals surface area contributed by atoms with Crippen molar-refractivity contribution in [1.82, 2.24) is 4.90 Å². The predicted molar refractivity (Wildman–Crippen MR) is 108 cm³/mol. The van der Waals surface area contributed by atoms with Gasteiger partial charge in [0.25, 0.3) is 5.91 Å². The number of fused-ring (bicyclic) bond motifs is 1. The molecule has 3 aromatic carbocycles. The summed E-state index contributed by atoms with van der Waals surface area (Å²) >= 11 is 0. The highest BCUT2D eigenvalue weighted by molar-refractivity contribution is 6.07. The van der Waals surface area contributed by atoms with Crippen LogP contribution in [0.3, 0.4) is 0 Å². The fraction of sp³-hybridized carbons (Fsp3) is 0.261. The second-order valence-corrected chi connectivity index (χ2v) is 7.09. The van der Waals surface area contributed by atoms with Crippen molar-refractivity contribution in [2.45, 2.75) is 18.6 Å². The van der Waals surface area contributed by atoms with Gasteiger partial charge in [0.2, 0.25) is 0 Å². The van der Waals surface area contributed by atoms with Gasteiger partial charge < -0.3 is 19.5 Å². The second kappa shape index (κ2) is 8.09. The van der Waals surface area contributed by atoms with Gasteiger partial charge in [-0.1, -0.05) is 36.4 Å². The molecule has 150 valence electrons. The van der Waals surface area contributed by atoms with Crippen molar-refractivity contribution in [2.24, 2.45) is 0 Å². The molecule has 1 N–H and O–H groups in total. The van der Waals surface area contributed by atoms with Crippen LogP contribution in [-0.2, 0) is 0 Å². The summed E-state index contributed by atoms with van der Waals surface area (Å²) in [6.07, 6.45) is -0.915. The zero-order valence-corrected chi connectivity index (χ0v) is 16.0. The molecule has 2 atom stereocenters. The predicted octanol–water partition coefficient (Wildman–Crippen LogP) is 3.64. The Hall–Kier alpha value is -3.12. The normalized spacial score (nSPS) is 19.2. The minimum atomic E-state index is -0.863. The average Bonchev–Trinajstić information content (AvgIpc) is 2.75. The molecule has 1 aliphatic heterocycles. The van der Waals surface area contributed by atoms with Gasteiger partial charge in [-0.2, -0.15) is 0 Å². The van der Waals surface area contributed by atoms with E-state index < -0.39 is 18.0 Å². The van der Waals surface area contributed by atoms with E-state index in [0.717, 1.165) is 10.8 Å². The minimum Gasteiger partial charge on any atom is -0.493 e. The molecule has 0 spiro atoms. The first-order valence-electron chi connectivity index (χ1n) is 9.52. The van der Waals surface area contributed by atoms with Crippen molar-refractivity contribution in [2.75, 3.05) is 20.2 Å². The lowest BCUT2D eigenvalue weighted by molar-refractivity contribution is -0.0206. The molecular formula is C23H22FNO4. The summed E-state index contributed by atoms with van der Waals surface area (Å²) in [4.78, 5) is 14.7. The van der Waals surface area contributed by atoms with E-state index in [1.165, 1.54) is 25.3 Å². The fourth-order valence-electron chi connectivity index (χ4n) is 3.72. The molecule has 6 heteroatoms. The maximum absolute atomic E-state index is 13.4. The van der Waals surface area contributed by atoms with Crippen molar-refractivity contribution in [1.29, 1.82) is 0 Å². The van der Waals surface area contributed by atoms with Gasteiger partial charge in [0, 0.05) is 24.6 Å². The molecule has 29 heavy (non-hydrogen) atoms. The molecule has 1 heterocycles. The molecule has 0 unspecified atom stereocenters. The Balaban J connectivity index is 1.48. The first-order chi connectivity index (χ1) is 14.1. The number of carbonyl (C=O) groups is 1. The van der Waals surface area contributed by atoms with Crippen molar-refractivity contribution in [3.05, 3.63) is 72.0 Å². The Morgan fingerprint density at radius 1 is 1.10 bits per heavy atom.